The van der Waals surface area contributed by atoms with Crippen LogP contribution in [-0.2, 0) is 22.6 Å². The van der Waals surface area contributed by atoms with Gasteiger partial charge in [-0.05, 0) is 41.3 Å². The second-order valence-electron chi connectivity index (χ2n) is 8.55. The highest BCUT2D eigenvalue weighted by Gasteiger charge is 2.31. The van der Waals surface area contributed by atoms with Gasteiger partial charge in [0.2, 0.25) is 5.91 Å². The molecule has 5 nitrogen and oxygen atoms in total. The highest BCUT2D eigenvalue weighted by Crippen LogP contribution is 2.27. The molecule has 0 unspecified atom stereocenters. The van der Waals surface area contributed by atoms with Crippen LogP contribution in [0.4, 0.5) is 0 Å². The van der Waals surface area contributed by atoms with Gasteiger partial charge in [-0.15, -0.1) is 0 Å². The largest absolute Gasteiger partial charge is 0.484 e. The number of carbonyl (C=O) groups excluding carboxylic acids is 2. The second kappa shape index (κ2) is 12.6. The summed E-state index contributed by atoms with van der Waals surface area (Å²) in [7, 11) is 1.55. The van der Waals surface area contributed by atoms with Gasteiger partial charge in [0.25, 0.3) is 5.91 Å². The minimum absolute atomic E-state index is 0.0674. The molecule has 0 saturated heterocycles. The monoisotopic (exact) mass is 512 g/mol. The Morgan fingerprint density at radius 2 is 1.54 bits per heavy atom. The van der Waals surface area contributed by atoms with E-state index in [2.05, 4.69) is 19.2 Å². The Morgan fingerprint density at radius 1 is 0.914 bits per heavy atom. The molecule has 0 radical (unpaired) electrons. The van der Waals surface area contributed by atoms with Gasteiger partial charge in [-0.2, -0.15) is 0 Å². The van der Waals surface area contributed by atoms with Gasteiger partial charge in [0.05, 0.1) is 0 Å². The number of hydrogen-bond donors (Lipinski definition) is 1. The van der Waals surface area contributed by atoms with Crippen molar-refractivity contribution in [3.05, 3.63) is 99.5 Å². The van der Waals surface area contributed by atoms with Crippen LogP contribution >= 0.6 is 23.2 Å². The SMILES string of the molecule is CNC(=O)[C@@H](Cc1ccccc1)N(Cc1c(Cl)cccc1Cl)C(=O)COc1ccc(C(C)C)cc1. The average Bonchev–Trinajstić information content (AvgIpc) is 2.86. The zero-order valence-corrected chi connectivity index (χ0v) is 21.6. The van der Waals surface area contributed by atoms with E-state index in [9.17, 15) is 9.59 Å². The third kappa shape index (κ3) is 7.23. The third-order valence-electron chi connectivity index (χ3n) is 5.82. The molecule has 0 heterocycles. The van der Waals surface area contributed by atoms with E-state index in [1.165, 1.54) is 10.5 Å². The molecule has 1 N–H and O–H groups in total. The lowest BCUT2D eigenvalue weighted by Gasteiger charge is -2.31. The van der Waals surface area contributed by atoms with Crippen molar-refractivity contribution < 1.29 is 14.3 Å². The van der Waals surface area contributed by atoms with Crippen LogP contribution in [0.25, 0.3) is 0 Å². The fraction of sp³-hybridized carbons (Fsp3) is 0.286. The van der Waals surface area contributed by atoms with Crippen LogP contribution in [0.3, 0.4) is 0 Å². The minimum atomic E-state index is -0.783. The quantitative estimate of drug-likeness (QED) is 0.368. The van der Waals surface area contributed by atoms with Gasteiger partial charge in [0, 0.05) is 35.6 Å². The standard InChI is InChI=1S/C28H30Cl2N2O3/c1-19(2)21-12-14-22(15-13-21)35-18-27(33)32(17-23-24(29)10-7-11-25(23)30)26(28(34)31-3)16-20-8-5-4-6-9-20/h4-15,19,26H,16-18H2,1-3H3,(H,31,34)/t26-/m1/s1. The van der Waals surface area contributed by atoms with Crippen LogP contribution in [0.2, 0.25) is 10.0 Å². The highest BCUT2D eigenvalue weighted by molar-refractivity contribution is 6.36. The minimum Gasteiger partial charge on any atom is -0.484 e. The summed E-state index contributed by atoms with van der Waals surface area (Å²) in [6.45, 7) is 4.06. The lowest BCUT2D eigenvalue weighted by Crippen LogP contribution is -2.51. The zero-order chi connectivity index (χ0) is 25.4. The fourth-order valence-corrected chi connectivity index (χ4v) is 4.27. The molecule has 0 bridgehead atoms. The molecule has 7 heteroatoms. The summed E-state index contributed by atoms with van der Waals surface area (Å²) in [5.41, 5.74) is 2.68. The van der Waals surface area contributed by atoms with E-state index in [0.29, 0.717) is 33.7 Å². The predicted octanol–water partition coefficient (Wildman–Crippen LogP) is 5.88. The van der Waals surface area contributed by atoms with Crippen LogP contribution in [0.15, 0.2) is 72.8 Å². The maximum absolute atomic E-state index is 13.5. The first-order valence-electron chi connectivity index (χ1n) is 11.5. The van der Waals surface area contributed by atoms with Crippen LogP contribution in [-0.4, -0.2) is 36.4 Å². The summed E-state index contributed by atoms with van der Waals surface area (Å²) in [4.78, 5) is 28.0. The Hall–Kier alpha value is -3.02. The Balaban J connectivity index is 1.89. The van der Waals surface area contributed by atoms with E-state index in [1.54, 1.807) is 25.2 Å². The molecule has 0 aromatic heterocycles. The van der Waals surface area contributed by atoms with E-state index in [4.69, 9.17) is 27.9 Å². The van der Waals surface area contributed by atoms with Gasteiger partial charge in [0.1, 0.15) is 11.8 Å². The fourth-order valence-electron chi connectivity index (χ4n) is 3.75. The molecule has 3 rings (SSSR count). The molecule has 184 valence electrons. The van der Waals surface area contributed by atoms with Gasteiger partial charge in [0.15, 0.2) is 6.61 Å². The smallest absolute Gasteiger partial charge is 0.261 e. The average molecular weight is 513 g/mol. The van der Waals surface area contributed by atoms with Crippen molar-refractivity contribution in [2.45, 2.75) is 38.8 Å². The maximum atomic E-state index is 13.5. The van der Waals surface area contributed by atoms with E-state index in [0.717, 1.165) is 5.56 Å². The highest BCUT2D eigenvalue weighted by atomic mass is 35.5. The Bertz CT molecular complexity index is 1110. The van der Waals surface area contributed by atoms with Crippen molar-refractivity contribution in [3.8, 4) is 5.75 Å². The molecule has 0 aliphatic heterocycles. The van der Waals surface area contributed by atoms with Crippen molar-refractivity contribution in [2.24, 2.45) is 0 Å². The maximum Gasteiger partial charge on any atom is 0.261 e. The molecule has 3 aromatic carbocycles. The summed E-state index contributed by atoms with van der Waals surface area (Å²) in [6.07, 6.45) is 0.331. The number of carbonyl (C=O) groups is 2. The van der Waals surface area contributed by atoms with Crippen molar-refractivity contribution in [2.75, 3.05) is 13.7 Å². The summed E-state index contributed by atoms with van der Waals surface area (Å²) in [5.74, 6) is 0.344. The summed E-state index contributed by atoms with van der Waals surface area (Å²) in [6, 6.07) is 21.6. The molecule has 35 heavy (non-hydrogen) atoms. The Morgan fingerprint density at radius 3 is 2.11 bits per heavy atom. The van der Waals surface area contributed by atoms with Crippen LogP contribution < -0.4 is 10.1 Å². The van der Waals surface area contributed by atoms with E-state index in [1.807, 2.05) is 54.6 Å². The first-order chi connectivity index (χ1) is 16.8. The molecule has 0 aliphatic carbocycles. The van der Waals surface area contributed by atoms with Crippen LogP contribution in [0.5, 0.6) is 5.75 Å². The number of ether oxygens (including phenoxy) is 1. The molecular weight excluding hydrogens is 483 g/mol. The number of halogens is 2. The van der Waals surface area contributed by atoms with Gasteiger partial charge in [-0.3, -0.25) is 9.59 Å². The third-order valence-corrected chi connectivity index (χ3v) is 6.52. The molecule has 2 amide bonds. The summed E-state index contributed by atoms with van der Waals surface area (Å²) >= 11 is 12.8. The number of nitrogens with zero attached hydrogens (tertiary/aromatic N) is 1. The van der Waals surface area contributed by atoms with E-state index >= 15 is 0 Å². The topological polar surface area (TPSA) is 58.6 Å². The summed E-state index contributed by atoms with van der Waals surface area (Å²) in [5, 5.41) is 3.54. The number of hydrogen-bond acceptors (Lipinski definition) is 3. The predicted molar refractivity (Wildman–Crippen MR) is 141 cm³/mol. The number of rotatable bonds is 10. The van der Waals surface area contributed by atoms with Crippen LogP contribution in [0, 0.1) is 0 Å². The summed E-state index contributed by atoms with van der Waals surface area (Å²) < 4.78 is 5.81. The van der Waals surface area contributed by atoms with E-state index < -0.39 is 6.04 Å². The van der Waals surface area contributed by atoms with Gasteiger partial charge in [-0.1, -0.05) is 85.6 Å². The van der Waals surface area contributed by atoms with Gasteiger partial charge >= 0.3 is 0 Å². The lowest BCUT2D eigenvalue weighted by molar-refractivity contribution is -0.142. The van der Waals surface area contributed by atoms with Crippen molar-refractivity contribution in [3.63, 3.8) is 0 Å². The number of amides is 2. The molecule has 1 atom stereocenters. The molecular formula is C28H30Cl2N2O3. The first-order valence-corrected chi connectivity index (χ1v) is 12.3. The van der Waals surface area contributed by atoms with E-state index in [-0.39, 0.29) is 25.0 Å². The molecule has 0 fully saturated rings. The van der Waals surface area contributed by atoms with Crippen molar-refractivity contribution in [1.82, 2.24) is 10.2 Å². The number of benzene rings is 3. The molecule has 0 saturated carbocycles. The zero-order valence-electron chi connectivity index (χ0n) is 20.1. The van der Waals surface area contributed by atoms with Crippen molar-refractivity contribution in [1.29, 1.82) is 0 Å². The van der Waals surface area contributed by atoms with Gasteiger partial charge < -0.3 is 15.0 Å². The lowest BCUT2D eigenvalue weighted by atomic mass is 10.0. The Labute approximate surface area is 217 Å². The molecule has 0 aliphatic rings. The normalized spacial score (nSPS) is 11.7. The van der Waals surface area contributed by atoms with Gasteiger partial charge in [-0.25, -0.2) is 0 Å². The number of likely N-dealkylation sites (N-methyl/N-ethyl adjacent to an activating group) is 1. The first kappa shape index (κ1) is 26.6. The molecule has 3 aromatic rings. The molecule has 0 spiro atoms. The number of nitrogens with one attached hydrogen (secondary N) is 1. The van der Waals surface area contributed by atoms with Crippen molar-refractivity contribution >= 4 is 35.0 Å². The van der Waals surface area contributed by atoms with Crippen LogP contribution in [0.1, 0.15) is 36.5 Å². The second-order valence-corrected chi connectivity index (χ2v) is 9.37. The Kier molecular flexibility index (Phi) is 9.58.